The van der Waals surface area contributed by atoms with Gasteiger partial charge >= 0.3 is 0 Å². The van der Waals surface area contributed by atoms with Gasteiger partial charge in [-0.2, -0.15) is 4.98 Å². The summed E-state index contributed by atoms with van der Waals surface area (Å²) in [5.41, 5.74) is 1.83. The van der Waals surface area contributed by atoms with Gasteiger partial charge in [0.1, 0.15) is 0 Å². The van der Waals surface area contributed by atoms with Crippen LogP contribution in [0.3, 0.4) is 0 Å². The summed E-state index contributed by atoms with van der Waals surface area (Å²) in [6.07, 6.45) is 3.38. The Morgan fingerprint density at radius 1 is 1.35 bits per heavy atom. The summed E-state index contributed by atoms with van der Waals surface area (Å²) in [6.45, 7) is 7.85. The molecule has 2 rings (SSSR count). The second kappa shape index (κ2) is 9.25. The van der Waals surface area contributed by atoms with Gasteiger partial charge in [-0.15, -0.1) is 11.3 Å². The molecule has 0 spiro atoms. The van der Waals surface area contributed by atoms with Crippen molar-refractivity contribution in [3.63, 3.8) is 0 Å². The van der Waals surface area contributed by atoms with Crippen LogP contribution in [0.15, 0.2) is 16.6 Å². The van der Waals surface area contributed by atoms with Crippen molar-refractivity contribution in [2.24, 2.45) is 0 Å². The molecule has 0 radical (unpaired) electrons. The third kappa shape index (κ3) is 6.00. The van der Waals surface area contributed by atoms with Crippen LogP contribution in [0.4, 0.5) is 0 Å². The molecular formula is C17H26N4O2S3. The van der Waals surface area contributed by atoms with E-state index in [9.17, 15) is 4.21 Å². The van der Waals surface area contributed by atoms with E-state index in [2.05, 4.69) is 19.7 Å². The smallest absolute Gasteiger partial charge is 0.217 e. The van der Waals surface area contributed by atoms with Crippen LogP contribution < -0.4 is 9.46 Å². The molecule has 9 heteroatoms. The molecule has 0 saturated carbocycles. The zero-order chi connectivity index (χ0) is 19.3. The van der Waals surface area contributed by atoms with Gasteiger partial charge in [0.2, 0.25) is 5.88 Å². The van der Waals surface area contributed by atoms with E-state index in [0.717, 1.165) is 22.8 Å². The van der Waals surface area contributed by atoms with Gasteiger partial charge in [0.15, 0.2) is 5.16 Å². The Morgan fingerprint density at radius 2 is 2.08 bits per heavy atom. The van der Waals surface area contributed by atoms with Crippen molar-refractivity contribution in [1.29, 1.82) is 0 Å². The minimum absolute atomic E-state index is 0.0984. The molecule has 0 bridgehead atoms. The van der Waals surface area contributed by atoms with Gasteiger partial charge in [0, 0.05) is 17.1 Å². The van der Waals surface area contributed by atoms with Crippen molar-refractivity contribution in [3.8, 4) is 5.88 Å². The molecule has 26 heavy (non-hydrogen) atoms. The highest BCUT2D eigenvalue weighted by Crippen LogP contribution is 2.24. The summed E-state index contributed by atoms with van der Waals surface area (Å²) < 4.78 is 20.8. The Morgan fingerprint density at radius 3 is 2.62 bits per heavy atom. The molecule has 0 unspecified atom stereocenters. The van der Waals surface area contributed by atoms with Gasteiger partial charge in [0.25, 0.3) is 0 Å². The lowest BCUT2D eigenvalue weighted by Gasteiger charge is -2.23. The fourth-order valence-corrected chi connectivity index (χ4v) is 4.09. The van der Waals surface area contributed by atoms with Crippen LogP contribution in [-0.2, 0) is 17.4 Å². The van der Waals surface area contributed by atoms with Gasteiger partial charge in [-0.1, -0.05) is 11.8 Å². The molecule has 0 fully saturated rings. The second-order valence-corrected chi connectivity index (χ2v) is 10.6. The quantitative estimate of drug-likeness (QED) is 0.524. The summed E-state index contributed by atoms with van der Waals surface area (Å²) in [5.74, 6) is 0.562. The lowest BCUT2D eigenvalue weighted by Crippen LogP contribution is -2.36. The minimum atomic E-state index is -1.18. The predicted octanol–water partition coefficient (Wildman–Crippen LogP) is 3.70. The molecule has 2 heterocycles. The fourth-order valence-electron chi connectivity index (χ4n) is 2.18. The van der Waals surface area contributed by atoms with Crippen molar-refractivity contribution in [2.45, 2.75) is 56.5 Å². The molecule has 1 N–H and O–H groups in total. The number of hydrogen-bond donors (Lipinski definition) is 1. The predicted molar refractivity (Wildman–Crippen MR) is 109 cm³/mol. The monoisotopic (exact) mass is 414 g/mol. The first-order valence-electron chi connectivity index (χ1n) is 8.29. The molecule has 0 aliphatic carbocycles. The van der Waals surface area contributed by atoms with Gasteiger partial charge in [0.05, 0.1) is 39.6 Å². The molecule has 6 nitrogen and oxygen atoms in total. The number of nitrogens with one attached hydrogen (secondary N) is 1. The molecule has 2 aromatic heterocycles. The highest BCUT2D eigenvalue weighted by molar-refractivity contribution is 7.98. The van der Waals surface area contributed by atoms with Crippen LogP contribution in [0.2, 0.25) is 0 Å². The highest BCUT2D eigenvalue weighted by Gasteiger charge is 2.25. The minimum Gasteiger partial charge on any atom is -0.481 e. The standard InChI is InChI=1S/C17H26N4O2S3/c1-11-18-14(10-25-11)13(21-26(22)17(2,3)4)8-7-12-9-15(23-5)20-16(19-12)24-6/h9-10,13,21H,7-8H2,1-6H3/t13-,26+/m0/s1. The van der Waals surface area contributed by atoms with E-state index in [4.69, 9.17) is 4.74 Å². The summed E-state index contributed by atoms with van der Waals surface area (Å²) in [5, 5.41) is 3.72. The molecule has 0 aliphatic rings. The van der Waals surface area contributed by atoms with Crippen molar-refractivity contribution < 1.29 is 8.95 Å². The maximum absolute atomic E-state index is 12.6. The van der Waals surface area contributed by atoms with Crippen molar-refractivity contribution in [2.75, 3.05) is 13.4 Å². The van der Waals surface area contributed by atoms with Gasteiger partial charge in [-0.25, -0.2) is 18.9 Å². The van der Waals surface area contributed by atoms with Crippen LogP contribution in [0.25, 0.3) is 0 Å². The zero-order valence-electron chi connectivity index (χ0n) is 16.0. The number of rotatable bonds is 8. The van der Waals surface area contributed by atoms with E-state index in [1.807, 2.05) is 45.4 Å². The molecule has 2 atom stereocenters. The molecular weight excluding hydrogens is 388 g/mol. The van der Waals surface area contributed by atoms with Crippen molar-refractivity contribution in [1.82, 2.24) is 19.7 Å². The fraction of sp³-hybridized carbons (Fsp3) is 0.588. The Kier molecular flexibility index (Phi) is 7.57. The molecule has 0 aliphatic heterocycles. The van der Waals surface area contributed by atoms with Crippen molar-refractivity contribution in [3.05, 3.63) is 27.8 Å². The number of thioether (sulfide) groups is 1. The van der Waals surface area contributed by atoms with E-state index in [-0.39, 0.29) is 10.8 Å². The van der Waals surface area contributed by atoms with E-state index in [0.29, 0.717) is 17.5 Å². The van der Waals surface area contributed by atoms with Crippen molar-refractivity contribution >= 4 is 34.1 Å². The molecule has 2 aromatic rings. The van der Waals surface area contributed by atoms with Crippen LogP contribution >= 0.6 is 23.1 Å². The normalized spacial score (nSPS) is 14.2. The number of hydrogen-bond acceptors (Lipinski definition) is 7. The molecule has 0 amide bonds. The number of methoxy groups -OCH3 is 1. The van der Waals surface area contributed by atoms with Crippen LogP contribution in [0, 0.1) is 6.92 Å². The van der Waals surface area contributed by atoms with E-state index < -0.39 is 11.0 Å². The lowest BCUT2D eigenvalue weighted by atomic mass is 10.1. The summed E-state index contributed by atoms with van der Waals surface area (Å²) in [6, 6.07) is 1.75. The topological polar surface area (TPSA) is 77.0 Å². The highest BCUT2D eigenvalue weighted by atomic mass is 32.2. The van der Waals surface area contributed by atoms with Gasteiger partial charge < -0.3 is 4.74 Å². The summed E-state index contributed by atoms with van der Waals surface area (Å²) >= 11 is 3.09. The third-order valence-corrected chi connectivity index (χ3v) is 6.57. The first-order valence-corrected chi connectivity index (χ1v) is 11.5. The number of thiazole rings is 1. The van der Waals surface area contributed by atoms with Crippen LogP contribution in [0.5, 0.6) is 5.88 Å². The van der Waals surface area contributed by atoms with Gasteiger partial charge in [-0.3, -0.25) is 0 Å². The second-order valence-electron chi connectivity index (χ2n) is 6.77. The van der Waals surface area contributed by atoms with E-state index >= 15 is 0 Å². The van der Waals surface area contributed by atoms with Gasteiger partial charge in [-0.05, 0) is 46.8 Å². The molecule has 144 valence electrons. The Hall–Kier alpha value is -1.03. The molecule has 0 aromatic carbocycles. The Labute approximate surface area is 166 Å². The number of aryl methyl sites for hydroxylation is 2. The number of aromatic nitrogens is 3. The van der Waals surface area contributed by atoms with E-state index in [1.165, 1.54) is 11.8 Å². The SMILES string of the molecule is COc1cc(CC[C@H](N[S@](=O)C(C)(C)C)c2csc(C)n2)nc(SC)n1. The lowest BCUT2D eigenvalue weighted by molar-refractivity contribution is 0.390. The van der Waals surface area contributed by atoms with Crippen LogP contribution in [0.1, 0.15) is 49.6 Å². The van der Waals surface area contributed by atoms with E-state index in [1.54, 1.807) is 18.4 Å². The summed E-state index contributed by atoms with van der Waals surface area (Å²) in [7, 11) is 0.427. The Balaban J connectivity index is 2.18. The largest absolute Gasteiger partial charge is 0.481 e. The number of nitrogens with zero attached hydrogens (tertiary/aromatic N) is 3. The summed E-state index contributed by atoms with van der Waals surface area (Å²) in [4.78, 5) is 13.4. The average Bonchev–Trinajstić information content (AvgIpc) is 3.03. The van der Waals surface area contributed by atoms with Crippen LogP contribution in [-0.4, -0.2) is 37.3 Å². The molecule has 0 saturated heterocycles. The number of ether oxygens (including phenoxy) is 1. The zero-order valence-corrected chi connectivity index (χ0v) is 18.5. The first-order chi connectivity index (χ1) is 12.2. The maximum atomic E-state index is 12.6. The first kappa shape index (κ1) is 21.3. The maximum Gasteiger partial charge on any atom is 0.217 e. The third-order valence-electron chi connectivity index (χ3n) is 3.62. The average molecular weight is 415 g/mol. The Bertz CT molecular complexity index is 736.